The van der Waals surface area contributed by atoms with Crippen molar-refractivity contribution < 1.29 is 13.3 Å². The lowest BCUT2D eigenvalue weighted by Gasteiger charge is -2.09. The number of thiazole rings is 1. The van der Waals surface area contributed by atoms with Crippen LogP contribution in [0, 0.1) is 24.0 Å². The number of aromatic nitrogens is 3. The number of hydrogen-bond donors (Lipinski definition) is 1. The highest BCUT2D eigenvalue weighted by Crippen LogP contribution is 2.27. The molecule has 0 saturated carbocycles. The quantitative estimate of drug-likeness (QED) is 0.442. The number of hydrogen-bond acceptors (Lipinski definition) is 8. The predicted molar refractivity (Wildman–Crippen MR) is 107 cm³/mol. The first-order valence-corrected chi connectivity index (χ1v) is 10.7. The van der Waals surface area contributed by atoms with Crippen LogP contribution in [0.2, 0.25) is 0 Å². The molecule has 1 N–H and O–H groups in total. The molecule has 0 aliphatic heterocycles. The summed E-state index contributed by atoms with van der Waals surface area (Å²) in [5.41, 5.74) is 0.835. The van der Waals surface area contributed by atoms with E-state index in [2.05, 4.69) is 14.8 Å². The predicted octanol–water partition coefficient (Wildman–Crippen LogP) is 1.87. The highest BCUT2D eigenvalue weighted by molar-refractivity contribution is 7.89. The fourth-order valence-corrected chi connectivity index (χ4v) is 4.52. The summed E-state index contributed by atoms with van der Waals surface area (Å²) in [4.78, 5) is 27.2. The number of nitrogens with one attached hydrogen (secondary N) is 1. The Morgan fingerprint density at radius 2 is 1.86 bits per heavy atom. The van der Waals surface area contributed by atoms with Crippen LogP contribution in [0.5, 0.6) is 0 Å². The molecule has 0 spiro atoms. The average Bonchev–Trinajstić information content (AvgIpc) is 3.01. The van der Waals surface area contributed by atoms with E-state index in [1.807, 2.05) is 13.8 Å². The maximum absolute atomic E-state index is 12.3. The third kappa shape index (κ3) is 4.72. The Labute approximate surface area is 170 Å². The Hall–Kier alpha value is -2.96. The molecule has 0 bridgehead atoms. The normalized spacial score (nSPS) is 11.5. The number of sulfonamides is 1. The first-order chi connectivity index (χ1) is 13.7. The van der Waals surface area contributed by atoms with Gasteiger partial charge >= 0.3 is 0 Å². The van der Waals surface area contributed by atoms with Crippen LogP contribution in [0.4, 0.5) is 5.69 Å². The van der Waals surface area contributed by atoms with Crippen LogP contribution in [0.25, 0.3) is 10.6 Å². The van der Waals surface area contributed by atoms with E-state index in [0.29, 0.717) is 5.69 Å². The zero-order valence-corrected chi connectivity index (χ0v) is 17.2. The number of non-ortho nitro benzene ring substituents is 1. The van der Waals surface area contributed by atoms with Crippen LogP contribution in [-0.2, 0) is 16.6 Å². The van der Waals surface area contributed by atoms with Gasteiger partial charge in [-0.25, -0.2) is 22.8 Å². The number of nitrogens with zero attached hydrogens (tertiary/aromatic N) is 4. The van der Waals surface area contributed by atoms with Crippen LogP contribution in [0.3, 0.4) is 0 Å². The highest BCUT2D eigenvalue weighted by atomic mass is 32.2. The summed E-state index contributed by atoms with van der Waals surface area (Å²) in [6.45, 7) is 3.69. The number of nitro groups is 1. The minimum atomic E-state index is -3.88. The van der Waals surface area contributed by atoms with E-state index < -0.39 is 14.9 Å². The van der Waals surface area contributed by atoms with Crippen LogP contribution in [-0.4, -0.2) is 34.7 Å². The van der Waals surface area contributed by atoms with Crippen molar-refractivity contribution >= 4 is 27.0 Å². The fraction of sp³-hybridized carbons (Fsp3) is 0.235. The summed E-state index contributed by atoms with van der Waals surface area (Å²) in [5.74, 6) is 0. The molecule has 0 aliphatic carbocycles. The summed E-state index contributed by atoms with van der Waals surface area (Å²) in [6, 6.07) is 7.52. The van der Waals surface area contributed by atoms with Gasteiger partial charge in [0.15, 0.2) is 0 Å². The van der Waals surface area contributed by atoms with Crippen molar-refractivity contribution in [3.8, 4) is 10.6 Å². The number of rotatable bonds is 7. The number of aryl methyl sites for hydroxylation is 2. The molecule has 0 amide bonds. The van der Waals surface area contributed by atoms with Crippen molar-refractivity contribution in [2.75, 3.05) is 6.54 Å². The zero-order valence-electron chi connectivity index (χ0n) is 15.5. The highest BCUT2D eigenvalue weighted by Gasteiger charge is 2.16. The van der Waals surface area contributed by atoms with Crippen LogP contribution < -0.4 is 10.3 Å². The van der Waals surface area contributed by atoms with Gasteiger partial charge in [0.25, 0.3) is 11.2 Å². The van der Waals surface area contributed by atoms with Gasteiger partial charge in [0.2, 0.25) is 10.0 Å². The van der Waals surface area contributed by atoms with E-state index in [9.17, 15) is 23.3 Å². The molecule has 152 valence electrons. The molecule has 1 aromatic carbocycles. The molecule has 0 atom stereocenters. The molecular formula is C17H17N5O5S2. The van der Waals surface area contributed by atoms with Crippen molar-refractivity contribution in [1.29, 1.82) is 0 Å². The molecule has 10 nitrogen and oxygen atoms in total. The first kappa shape index (κ1) is 20.8. The van der Waals surface area contributed by atoms with E-state index in [-0.39, 0.29) is 29.2 Å². The molecule has 2 aromatic heterocycles. The molecule has 0 fully saturated rings. The Morgan fingerprint density at radius 1 is 1.17 bits per heavy atom. The maximum atomic E-state index is 12.3. The first-order valence-electron chi connectivity index (χ1n) is 8.44. The molecule has 29 heavy (non-hydrogen) atoms. The van der Waals surface area contributed by atoms with Gasteiger partial charge in [-0.15, -0.1) is 11.3 Å². The molecule has 12 heteroatoms. The number of benzene rings is 1. The largest absolute Gasteiger partial charge is 0.269 e. The summed E-state index contributed by atoms with van der Waals surface area (Å²) in [7, 11) is -3.88. The van der Waals surface area contributed by atoms with Crippen molar-refractivity contribution in [1.82, 2.24) is 19.5 Å². The average molecular weight is 435 g/mol. The lowest BCUT2D eigenvalue weighted by molar-refractivity contribution is -0.384. The van der Waals surface area contributed by atoms with E-state index in [4.69, 9.17) is 0 Å². The molecule has 0 aliphatic rings. The summed E-state index contributed by atoms with van der Waals surface area (Å²) in [5, 5.41) is 15.9. The standard InChI is InChI=1S/C17H17N5O5S2/c1-11-17(28-12(2)19-11)15-7-8-16(23)21(20-15)10-9-18-29(26,27)14-5-3-13(4-6-14)22(24)25/h3-8,18H,9-10H2,1-2H3. The monoisotopic (exact) mass is 435 g/mol. The number of nitro benzene ring substituents is 1. The van der Waals surface area contributed by atoms with Gasteiger partial charge in [0, 0.05) is 24.7 Å². The van der Waals surface area contributed by atoms with Gasteiger partial charge in [0.05, 0.1) is 31.9 Å². The summed E-state index contributed by atoms with van der Waals surface area (Å²) < 4.78 is 28.2. The maximum Gasteiger partial charge on any atom is 0.269 e. The minimum absolute atomic E-state index is 0.0235. The Kier molecular flexibility index (Phi) is 5.86. The minimum Gasteiger partial charge on any atom is -0.268 e. The van der Waals surface area contributed by atoms with Crippen LogP contribution in [0.15, 0.2) is 46.1 Å². The zero-order chi connectivity index (χ0) is 21.2. The third-order valence-corrected chi connectivity index (χ3v) is 6.55. The lowest BCUT2D eigenvalue weighted by atomic mass is 10.3. The third-order valence-electron chi connectivity index (χ3n) is 3.98. The smallest absolute Gasteiger partial charge is 0.268 e. The summed E-state index contributed by atoms with van der Waals surface area (Å²) >= 11 is 1.46. The van der Waals surface area contributed by atoms with Gasteiger partial charge in [-0.2, -0.15) is 5.10 Å². The molecular weight excluding hydrogens is 418 g/mol. The van der Waals surface area contributed by atoms with Gasteiger partial charge in [-0.05, 0) is 32.0 Å². The van der Waals surface area contributed by atoms with Crippen molar-refractivity contribution in [2.24, 2.45) is 0 Å². The summed E-state index contributed by atoms with van der Waals surface area (Å²) in [6.07, 6.45) is 0. The second kappa shape index (κ2) is 8.19. The van der Waals surface area contributed by atoms with Crippen LogP contribution in [0.1, 0.15) is 10.7 Å². The van der Waals surface area contributed by atoms with E-state index in [1.54, 1.807) is 6.07 Å². The van der Waals surface area contributed by atoms with E-state index >= 15 is 0 Å². The van der Waals surface area contributed by atoms with E-state index in [0.717, 1.165) is 39.8 Å². The fourth-order valence-electron chi connectivity index (χ4n) is 2.62. The molecule has 0 unspecified atom stereocenters. The SMILES string of the molecule is Cc1nc(C)c(-c2ccc(=O)n(CCNS(=O)(=O)c3ccc([N+](=O)[O-])cc3)n2)s1. The molecule has 3 aromatic rings. The van der Waals surface area contributed by atoms with Gasteiger partial charge in [-0.1, -0.05) is 0 Å². The van der Waals surface area contributed by atoms with Crippen molar-refractivity contribution in [3.05, 3.63) is 67.6 Å². The second-order valence-electron chi connectivity index (χ2n) is 6.08. The topological polar surface area (TPSA) is 137 Å². The van der Waals surface area contributed by atoms with Crippen molar-refractivity contribution in [3.63, 3.8) is 0 Å². The molecule has 0 saturated heterocycles. The molecule has 2 heterocycles. The molecule has 0 radical (unpaired) electrons. The Bertz CT molecular complexity index is 1220. The van der Waals surface area contributed by atoms with Gasteiger partial charge in [-0.3, -0.25) is 14.9 Å². The Morgan fingerprint density at radius 3 is 2.45 bits per heavy atom. The molecule has 3 rings (SSSR count). The Balaban J connectivity index is 1.73. The van der Waals surface area contributed by atoms with Gasteiger partial charge in [0.1, 0.15) is 5.69 Å². The lowest BCUT2D eigenvalue weighted by Crippen LogP contribution is -2.32. The van der Waals surface area contributed by atoms with Crippen molar-refractivity contribution in [2.45, 2.75) is 25.3 Å². The van der Waals surface area contributed by atoms with Gasteiger partial charge < -0.3 is 0 Å². The van der Waals surface area contributed by atoms with E-state index in [1.165, 1.54) is 22.1 Å². The van der Waals surface area contributed by atoms with Crippen LogP contribution >= 0.6 is 11.3 Å². The second-order valence-corrected chi connectivity index (χ2v) is 9.05.